The number of amides is 1. The van der Waals surface area contributed by atoms with E-state index in [0.717, 1.165) is 18.4 Å². The average Bonchev–Trinajstić information content (AvgIpc) is 2.81. The van der Waals surface area contributed by atoms with Crippen molar-refractivity contribution in [3.8, 4) is 0 Å². The van der Waals surface area contributed by atoms with Gasteiger partial charge in [-0.05, 0) is 65.2 Å². The first kappa shape index (κ1) is 18.1. The van der Waals surface area contributed by atoms with Crippen molar-refractivity contribution in [1.82, 2.24) is 4.90 Å². The zero-order valence-corrected chi connectivity index (χ0v) is 15.2. The summed E-state index contributed by atoms with van der Waals surface area (Å²) in [5.41, 5.74) is -0.609. The molecule has 0 aliphatic carbocycles. The molecule has 2 rings (SSSR count). The van der Waals surface area contributed by atoms with Crippen LogP contribution >= 0.6 is 11.6 Å². The molecule has 0 saturated carbocycles. The Bertz CT molecular complexity index is 574. The highest BCUT2D eigenvalue weighted by molar-refractivity contribution is 6.30. The van der Waals surface area contributed by atoms with Crippen LogP contribution in [0.15, 0.2) is 24.3 Å². The van der Waals surface area contributed by atoms with Crippen molar-refractivity contribution in [2.75, 3.05) is 0 Å². The van der Waals surface area contributed by atoms with Gasteiger partial charge in [-0.3, -0.25) is 4.90 Å². The molecule has 0 spiro atoms. The SMILES string of the molecule is CC(C)(C)OC(=O)N1[C@H](c2cccc(Cl)c2)CC[C@@H]1C(C)(C)O. The molecule has 1 saturated heterocycles. The van der Waals surface area contributed by atoms with Crippen LogP contribution in [0.3, 0.4) is 0 Å². The van der Waals surface area contributed by atoms with E-state index in [2.05, 4.69) is 0 Å². The van der Waals surface area contributed by atoms with Crippen LogP contribution < -0.4 is 0 Å². The summed E-state index contributed by atoms with van der Waals surface area (Å²) in [4.78, 5) is 14.4. The molecule has 1 heterocycles. The number of hydrogen-bond acceptors (Lipinski definition) is 3. The highest BCUT2D eigenvalue weighted by Crippen LogP contribution is 2.41. The van der Waals surface area contributed by atoms with Gasteiger partial charge in [-0.15, -0.1) is 0 Å². The van der Waals surface area contributed by atoms with Gasteiger partial charge in [0.05, 0.1) is 17.7 Å². The molecule has 1 fully saturated rings. The van der Waals surface area contributed by atoms with E-state index in [0.29, 0.717) is 5.02 Å². The molecule has 1 aliphatic rings. The molecule has 1 aromatic carbocycles. The van der Waals surface area contributed by atoms with Crippen LogP contribution in [0.25, 0.3) is 0 Å². The molecule has 1 aliphatic heterocycles. The highest BCUT2D eigenvalue weighted by Gasteiger charge is 2.46. The first-order valence-corrected chi connectivity index (χ1v) is 8.36. The van der Waals surface area contributed by atoms with E-state index in [9.17, 15) is 9.90 Å². The number of ether oxygens (including phenoxy) is 1. The Morgan fingerprint density at radius 1 is 1.26 bits per heavy atom. The molecule has 0 unspecified atom stereocenters. The molecule has 128 valence electrons. The zero-order valence-electron chi connectivity index (χ0n) is 14.5. The summed E-state index contributed by atoms with van der Waals surface area (Å²) in [5.74, 6) is 0. The molecule has 1 aromatic rings. The van der Waals surface area contributed by atoms with Gasteiger partial charge in [-0.1, -0.05) is 23.7 Å². The maximum absolute atomic E-state index is 12.7. The number of likely N-dealkylation sites (tertiary alicyclic amines) is 1. The van der Waals surface area contributed by atoms with Gasteiger partial charge in [-0.25, -0.2) is 4.79 Å². The molecule has 2 atom stereocenters. The molecular formula is C18H26ClNO3. The topological polar surface area (TPSA) is 49.8 Å². The molecule has 4 nitrogen and oxygen atoms in total. The second-order valence-electron chi connectivity index (χ2n) is 7.71. The van der Waals surface area contributed by atoms with Crippen molar-refractivity contribution in [1.29, 1.82) is 0 Å². The molecule has 1 amide bonds. The minimum Gasteiger partial charge on any atom is -0.444 e. The van der Waals surface area contributed by atoms with Gasteiger partial charge >= 0.3 is 6.09 Å². The van der Waals surface area contributed by atoms with Gasteiger partial charge in [0, 0.05) is 5.02 Å². The summed E-state index contributed by atoms with van der Waals surface area (Å²) in [6.07, 6.45) is 1.10. The van der Waals surface area contributed by atoms with E-state index in [1.807, 2.05) is 45.0 Å². The fourth-order valence-corrected chi connectivity index (χ4v) is 3.31. The maximum Gasteiger partial charge on any atom is 0.411 e. The van der Waals surface area contributed by atoms with Gasteiger partial charge < -0.3 is 9.84 Å². The quantitative estimate of drug-likeness (QED) is 0.859. The third-order valence-electron chi connectivity index (χ3n) is 4.04. The number of hydrogen-bond donors (Lipinski definition) is 1. The monoisotopic (exact) mass is 339 g/mol. The van der Waals surface area contributed by atoms with Crippen LogP contribution in [0.4, 0.5) is 4.79 Å². The van der Waals surface area contributed by atoms with Crippen LogP contribution in [-0.4, -0.2) is 33.3 Å². The summed E-state index contributed by atoms with van der Waals surface area (Å²) in [7, 11) is 0. The van der Waals surface area contributed by atoms with E-state index in [4.69, 9.17) is 16.3 Å². The van der Waals surface area contributed by atoms with Gasteiger partial charge in [0.15, 0.2) is 0 Å². The van der Waals surface area contributed by atoms with Crippen LogP contribution in [0.5, 0.6) is 0 Å². The third kappa shape index (κ3) is 4.39. The van der Waals surface area contributed by atoms with E-state index in [1.54, 1.807) is 18.7 Å². The van der Waals surface area contributed by atoms with Crippen molar-refractivity contribution in [3.05, 3.63) is 34.9 Å². The predicted octanol–water partition coefficient (Wildman–Crippen LogP) is 4.55. The van der Waals surface area contributed by atoms with Crippen molar-refractivity contribution < 1.29 is 14.6 Å². The minimum absolute atomic E-state index is 0.139. The Hall–Kier alpha value is -1.26. The molecule has 0 bridgehead atoms. The number of benzene rings is 1. The Kier molecular flexibility index (Phi) is 4.97. The lowest BCUT2D eigenvalue weighted by molar-refractivity contribution is -0.0331. The lowest BCUT2D eigenvalue weighted by atomic mass is 9.97. The van der Waals surface area contributed by atoms with E-state index < -0.39 is 17.3 Å². The summed E-state index contributed by atoms with van der Waals surface area (Å²) in [6, 6.07) is 7.09. The first-order valence-electron chi connectivity index (χ1n) is 7.98. The molecular weight excluding hydrogens is 314 g/mol. The second kappa shape index (κ2) is 6.33. The molecule has 23 heavy (non-hydrogen) atoms. The number of carbonyl (C=O) groups is 1. The molecule has 0 aromatic heterocycles. The number of halogens is 1. The van der Waals surface area contributed by atoms with Gasteiger partial charge in [-0.2, -0.15) is 0 Å². The van der Waals surface area contributed by atoms with Crippen molar-refractivity contribution in [2.24, 2.45) is 0 Å². The standard InChI is InChI=1S/C18H26ClNO3/c1-17(2,3)23-16(21)20-14(9-10-15(20)18(4,5)22)12-7-6-8-13(19)11-12/h6-8,11,14-15,22H,9-10H2,1-5H3/t14-,15+/m0/s1. The maximum atomic E-state index is 12.7. The van der Waals surface area contributed by atoms with Crippen LogP contribution in [0, 0.1) is 0 Å². The summed E-state index contributed by atoms with van der Waals surface area (Å²) < 4.78 is 5.57. The smallest absolute Gasteiger partial charge is 0.411 e. The zero-order chi connectivity index (χ0) is 17.4. The largest absolute Gasteiger partial charge is 0.444 e. The van der Waals surface area contributed by atoms with Gasteiger partial charge in [0.2, 0.25) is 0 Å². The van der Waals surface area contributed by atoms with Crippen molar-refractivity contribution >= 4 is 17.7 Å². The normalized spacial score (nSPS) is 22.3. The number of carbonyl (C=O) groups excluding carboxylic acids is 1. The summed E-state index contributed by atoms with van der Waals surface area (Å²) in [5, 5.41) is 11.1. The summed E-state index contributed by atoms with van der Waals surface area (Å²) >= 11 is 6.10. The summed E-state index contributed by atoms with van der Waals surface area (Å²) in [6.45, 7) is 8.99. The lowest BCUT2D eigenvalue weighted by Gasteiger charge is -2.37. The third-order valence-corrected chi connectivity index (χ3v) is 4.27. The van der Waals surface area contributed by atoms with Gasteiger partial charge in [0.1, 0.15) is 5.60 Å². The minimum atomic E-state index is -0.996. The van der Waals surface area contributed by atoms with E-state index in [-0.39, 0.29) is 12.1 Å². The highest BCUT2D eigenvalue weighted by atomic mass is 35.5. The molecule has 0 radical (unpaired) electrons. The van der Waals surface area contributed by atoms with Crippen LogP contribution in [-0.2, 0) is 4.74 Å². The number of nitrogens with zero attached hydrogens (tertiary/aromatic N) is 1. The van der Waals surface area contributed by atoms with Crippen LogP contribution in [0.1, 0.15) is 59.1 Å². The predicted molar refractivity (Wildman–Crippen MR) is 91.6 cm³/mol. The first-order chi connectivity index (χ1) is 10.5. The lowest BCUT2D eigenvalue weighted by Crippen LogP contribution is -2.50. The number of aliphatic hydroxyl groups is 1. The average molecular weight is 340 g/mol. The number of rotatable bonds is 2. The fourth-order valence-electron chi connectivity index (χ4n) is 3.11. The van der Waals surface area contributed by atoms with Crippen molar-refractivity contribution in [3.63, 3.8) is 0 Å². The Morgan fingerprint density at radius 2 is 1.91 bits per heavy atom. The van der Waals surface area contributed by atoms with Crippen molar-refractivity contribution in [2.45, 2.75) is 70.7 Å². The van der Waals surface area contributed by atoms with E-state index >= 15 is 0 Å². The Morgan fingerprint density at radius 3 is 2.43 bits per heavy atom. The molecule has 1 N–H and O–H groups in total. The Labute approximate surface area is 143 Å². The fraction of sp³-hybridized carbons (Fsp3) is 0.611. The second-order valence-corrected chi connectivity index (χ2v) is 8.14. The Balaban J connectivity index is 2.36. The van der Waals surface area contributed by atoms with Gasteiger partial charge in [0.25, 0.3) is 0 Å². The van der Waals surface area contributed by atoms with Crippen LogP contribution in [0.2, 0.25) is 5.02 Å². The van der Waals surface area contributed by atoms with E-state index in [1.165, 1.54) is 0 Å². The molecule has 5 heteroatoms.